The predicted octanol–water partition coefficient (Wildman–Crippen LogP) is 1.10. The molecule has 0 atom stereocenters. The lowest BCUT2D eigenvalue weighted by Gasteiger charge is -2.29. The molecule has 0 aromatic carbocycles. The highest BCUT2D eigenvalue weighted by Gasteiger charge is 2.24. The summed E-state index contributed by atoms with van der Waals surface area (Å²) < 4.78 is 4.95. The Bertz CT molecular complexity index is 353. The zero-order valence-electron chi connectivity index (χ0n) is 9.06. The number of carbonyl (C=O) groups is 1. The summed E-state index contributed by atoms with van der Waals surface area (Å²) in [6, 6.07) is 0. The number of hydrogen-bond donors (Lipinski definition) is 0. The van der Waals surface area contributed by atoms with Crippen molar-refractivity contribution < 1.29 is 9.32 Å². The minimum atomic E-state index is 0.151. The molecule has 0 radical (unpaired) electrons. The number of aryl methyl sites for hydroxylation is 1. The molecule has 0 unspecified atom stereocenters. The van der Waals surface area contributed by atoms with Gasteiger partial charge in [0.25, 0.3) is 0 Å². The quantitative estimate of drug-likeness (QED) is 0.695. The molecule has 0 aliphatic carbocycles. The zero-order valence-corrected chi connectivity index (χ0v) is 9.06. The average molecular weight is 209 g/mol. The largest absolute Gasteiger partial charge is 0.343 e. The van der Waals surface area contributed by atoms with Crippen molar-refractivity contribution >= 4 is 5.91 Å². The molecule has 1 aromatic heterocycles. The Labute approximate surface area is 88.5 Å². The molecule has 2 heterocycles. The first kappa shape index (κ1) is 10.1. The molecule has 5 nitrogen and oxygen atoms in total. The molecule has 82 valence electrons. The maximum Gasteiger partial charge on any atom is 0.223 e. The predicted molar refractivity (Wildman–Crippen MR) is 53.3 cm³/mol. The van der Waals surface area contributed by atoms with E-state index in [0.717, 1.165) is 31.8 Å². The Morgan fingerprint density at radius 1 is 1.47 bits per heavy atom. The molecule has 0 N–H and O–H groups in total. The highest BCUT2D eigenvalue weighted by Crippen LogP contribution is 2.25. The average Bonchev–Trinajstić information content (AvgIpc) is 2.65. The van der Waals surface area contributed by atoms with E-state index in [4.69, 9.17) is 4.52 Å². The number of likely N-dealkylation sites (tertiary alicyclic amines) is 1. The first-order valence-corrected chi connectivity index (χ1v) is 5.22. The van der Waals surface area contributed by atoms with Gasteiger partial charge in [0.05, 0.1) is 0 Å². The second-order valence-corrected chi connectivity index (χ2v) is 3.95. The number of rotatable bonds is 1. The number of amides is 1. The Balaban J connectivity index is 1.96. The molecule has 0 saturated carbocycles. The first-order valence-electron chi connectivity index (χ1n) is 5.22. The molecule has 1 fully saturated rings. The third kappa shape index (κ3) is 2.16. The van der Waals surface area contributed by atoms with E-state index in [1.54, 1.807) is 13.8 Å². The van der Waals surface area contributed by atoms with Crippen molar-refractivity contribution in [3.8, 4) is 0 Å². The number of carbonyl (C=O) groups excluding carboxylic acids is 1. The van der Waals surface area contributed by atoms with Crippen LogP contribution >= 0.6 is 0 Å². The van der Waals surface area contributed by atoms with E-state index in [-0.39, 0.29) is 5.91 Å². The lowest BCUT2D eigenvalue weighted by Crippen LogP contribution is -2.36. The second-order valence-electron chi connectivity index (χ2n) is 3.95. The van der Waals surface area contributed by atoms with E-state index < -0.39 is 0 Å². The molecule has 5 heteroatoms. The highest BCUT2D eigenvalue weighted by atomic mass is 16.5. The number of nitrogens with zero attached hydrogens (tertiary/aromatic N) is 3. The third-order valence-corrected chi connectivity index (χ3v) is 2.85. The normalized spacial score (nSPS) is 18.1. The first-order chi connectivity index (χ1) is 7.16. The van der Waals surface area contributed by atoms with Crippen LogP contribution in [-0.4, -0.2) is 34.0 Å². The summed E-state index contributed by atoms with van der Waals surface area (Å²) in [4.78, 5) is 17.2. The highest BCUT2D eigenvalue weighted by molar-refractivity contribution is 5.73. The van der Waals surface area contributed by atoms with Crippen LogP contribution in [0.15, 0.2) is 4.52 Å². The van der Waals surface area contributed by atoms with Gasteiger partial charge in [-0.3, -0.25) is 4.79 Å². The van der Waals surface area contributed by atoms with Gasteiger partial charge in [-0.1, -0.05) is 5.16 Å². The van der Waals surface area contributed by atoms with Gasteiger partial charge in [0.2, 0.25) is 11.8 Å². The molecule has 15 heavy (non-hydrogen) atoms. The van der Waals surface area contributed by atoms with Crippen LogP contribution in [-0.2, 0) is 4.79 Å². The fourth-order valence-corrected chi connectivity index (χ4v) is 1.93. The minimum absolute atomic E-state index is 0.151. The van der Waals surface area contributed by atoms with Crippen molar-refractivity contribution in [3.05, 3.63) is 11.7 Å². The number of aromatic nitrogens is 2. The van der Waals surface area contributed by atoms with Gasteiger partial charge in [-0.25, -0.2) is 0 Å². The van der Waals surface area contributed by atoms with Crippen LogP contribution in [0.25, 0.3) is 0 Å². The Hall–Kier alpha value is -1.39. The molecule has 0 bridgehead atoms. The lowest BCUT2D eigenvalue weighted by atomic mass is 9.96. The summed E-state index contributed by atoms with van der Waals surface area (Å²) in [5, 5.41) is 3.92. The summed E-state index contributed by atoms with van der Waals surface area (Å²) in [7, 11) is 0. The number of piperidine rings is 1. The van der Waals surface area contributed by atoms with Gasteiger partial charge >= 0.3 is 0 Å². The van der Waals surface area contributed by atoms with E-state index in [2.05, 4.69) is 10.1 Å². The molecule has 1 aromatic rings. The summed E-state index contributed by atoms with van der Waals surface area (Å²) in [6.07, 6.45) is 1.86. The smallest absolute Gasteiger partial charge is 0.223 e. The second kappa shape index (κ2) is 4.00. The van der Waals surface area contributed by atoms with Gasteiger partial charge in [-0.15, -0.1) is 0 Å². The van der Waals surface area contributed by atoms with Gasteiger partial charge in [0.1, 0.15) is 0 Å². The third-order valence-electron chi connectivity index (χ3n) is 2.85. The van der Waals surface area contributed by atoms with Crippen molar-refractivity contribution in [3.63, 3.8) is 0 Å². The number of hydrogen-bond acceptors (Lipinski definition) is 4. The SMILES string of the molecule is CC(=O)N1CCC(c2noc(C)n2)CC1. The van der Waals surface area contributed by atoms with E-state index in [1.165, 1.54) is 0 Å². The van der Waals surface area contributed by atoms with Gasteiger partial charge in [0.15, 0.2) is 5.82 Å². The van der Waals surface area contributed by atoms with Gasteiger partial charge in [0, 0.05) is 32.9 Å². The molecule has 0 spiro atoms. The standard InChI is InChI=1S/C10H15N3O2/c1-7-11-10(12-15-7)9-3-5-13(6-4-9)8(2)14/h9H,3-6H2,1-2H3. The zero-order chi connectivity index (χ0) is 10.8. The molecule has 1 saturated heterocycles. The van der Waals surface area contributed by atoms with Crippen LogP contribution in [0.1, 0.15) is 37.4 Å². The maximum atomic E-state index is 11.1. The van der Waals surface area contributed by atoms with Gasteiger partial charge in [-0.2, -0.15) is 4.98 Å². The van der Waals surface area contributed by atoms with Crippen molar-refractivity contribution in [1.82, 2.24) is 15.0 Å². The van der Waals surface area contributed by atoms with Crippen LogP contribution in [0, 0.1) is 6.92 Å². The van der Waals surface area contributed by atoms with E-state index in [1.807, 2.05) is 4.90 Å². The lowest BCUT2D eigenvalue weighted by molar-refractivity contribution is -0.129. The van der Waals surface area contributed by atoms with E-state index in [9.17, 15) is 4.79 Å². The minimum Gasteiger partial charge on any atom is -0.343 e. The van der Waals surface area contributed by atoms with E-state index in [0.29, 0.717) is 11.8 Å². The molecular weight excluding hydrogens is 194 g/mol. The fourth-order valence-electron chi connectivity index (χ4n) is 1.93. The fraction of sp³-hybridized carbons (Fsp3) is 0.700. The van der Waals surface area contributed by atoms with Crippen LogP contribution in [0.4, 0.5) is 0 Å². The molecule has 1 aliphatic heterocycles. The van der Waals surface area contributed by atoms with Crippen LogP contribution in [0.3, 0.4) is 0 Å². The van der Waals surface area contributed by atoms with E-state index >= 15 is 0 Å². The monoisotopic (exact) mass is 209 g/mol. The van der Waals surface area contributed by atoms with Crippen molar-refractivity contribution in [2.45, 2.75) is 32.6 Å². The maximum absolute atomic E-state index is 11.1. The molecule has 1 aliphatic rings. The summed E-state index contributed by atoms with van der Waals surface area (Å²) >= 11 is 0. The Kier molecular flexibility index (Phi) is 2.70. The topological polar surface area (TPSA) is 59.2 Å². The summed E-state index contributed by atoms with van der Waals surface area (Å²) in [6.45, 7) is 5.00. The van der Waals surface area contributed by atoms with Gasteiger partial charge < -0.3 is 9.42 Å². The van der Waals surface area contributed by atoms with Crippen LogP contribution in [0.2, 0.25) is 0 Å². The molecule has 1 amide bonds. The summed E-state index contributed by atoms with van der Waals surface area (Å²) in [5.74, 6) is 1.89. The van der Waals surface area contributed by atoms with Crippen molar-refractivity contribution in [2.75, 3.05) is 13.1 Å². The van der Waals surface area contributed by atoms with Crippen molar-refractivity contribution in [1.29, 1.82) is 0 Å². The van der Waals surface area contributed by atoms with Crippen molar-refractivity contribution in [2.24, 2.45) is 0 Å². The summed E-state index contributed by atoms with van der Waals surface area (Å²) in [5.41, 5.74) is 0. The molecular formula is C10H15N3O2. The Morgan fingerprint density at radius 3 is 2.60 bits per heavy atom. The molecule has 2 rings (SSSR count). The Morgan fingerprint density at radius 2 is 2.13 bits per heavy atom. The van der Waals surface area contributed by atoms with Crippen LogP contribution in [0.5, 0.6) is 0 Å². The van der Waals surface area contributed by atoms with Crippen LogP contribution < -0.4 is 0 Å². The van der Waals surface area contributed by atoms with Gasteiger partial charge in [-0.05, 0) is 12.8 Å².